The Balaban J connectivity index is 0. The molecule has 0 aromatic carbocycles. The first-order valence-electron chi connectivity index (χ1n) is 0.323. The Morgan fingerprint density at radius 3 is 1.75 bits per heavy atom. The second-order valence-electron chi connectivity index (χ2n) is 0.0690. The number of hydrogen-bond donors (Lipinski definition) is 1. The Morgan fingerprint density at radius 1 is 1.75 bits per heavy atom. The SMILES string of the molecule is [Fr].[O-][Cl+]O. The molecule has 0 aliphatic carbocycles. The van der Waals surface area contributed by atoms with E-state index >= 15 is 0 Å². The fourth-order valence-electron chi connectivity index (χ4n) is 0. The summed E-state index contributed by atoms with van der Waals surface area (Å²) >= 11 is -0.167. The Hall–Kier alpha value is 1.81. The molecule has 1 N–H and O–H groups in total. The molecule has 1 radical (unpaired) electrons. The van der Waals surface area contributed by atoms with Crippen LogP contribution >= 0.6 is 0 Å². The minimum absolute atomic E-state index is 0. The van der Waals surface area contributed by atoms with Crippen molar-refractivity contribution in [2.45, 2.75) is 0 Å². The van der Waals surface area contributed by atoms with Gasteiger partial charge >= 0.3 is 11.3 Å². The van der Waals surface area contributed by atoms with Crippen molar-refractivity contribution in [1.29, 1.82) is 0 Å². The van der Waals surface area contributed by atoms with E-state index in [1.54, 1.807) is 0 Å². The molecule has 4 heavy (non-hydrogen) atoms. The van der Waals surface area contributed by atoms with Crippen LogP contribution in [0.15, 0.2) is 0 Å². The van der Waals surface area contributed by atoms with E-state index in [-0.39, 0.29) is 61.2 Å². The van der Waals surface area contributed by atoms with Crippen LogP contribution < -0.4 is 4.66 Å². The van der Waals surface area contributed by atoms with Gasteiger partial charge in [-0.2, -0.15) is 0 Å². The molecule has 21 valence electrons. The molecule has 0 aliphatic rings. The average molecular weight is 291 g/mol. The molecule has 0 spiro atoms. The van der Waals surface area contributed by atoms with Gasteiger partial charge in [-0.15, -0.1) is 4.66 Å². The molecule has 0 aliphatic heterocycles. The topological polar surface area (TPSA) is 43.3 Å². The average Bonchev–Trinajstić information content (AvgIpc) is 0.918. The van der Waals surface area contributed by atoms with Crippen LogP contribution in [0.5, 0.6) is 0 Å². The second kappa shape index (κ2) is 8.84. The van der Waals surface area contributed by atoms with Crippen molar-refractivity contribution in [3.63, 3.8) is 0 Å². The zero-order valence-corrected chi connectivity index (χ0v) is 11.2. The van der Waals surface area contributed by atoms with Gasteiger partial charge in [0, 0.05) is 49.9 Å². The van der Waals surface area contributed by atoms with Crippen LogP contribution in [0.4, 0.5) is 0 Å². The summed E-state index contributed by atoms with van der Waals surface area (Å²) in [5.74, 6) is 0. The van der Waals surface area contributed by atoms with Gasteiger partial charge in [-0.1, -0.05) is 0 Å². The third-order valence-electron chi connectivity index (χ3n) is 0. The number of halogens is 1. The van der Waals surface area contributed by atoms with Crippen LogP contribution in [-0.2, 0) is 0 Å². The van der Waals surface area contributed by atoms with Crippen molar-refractivity contribution >= 4 is 0 Å². The summed E-state index contributed by atoms with van der Waals surface area (Å²) in [6.07, 6.45) is 0. The standard InChI is InChI=1S/ClHO2.Fr/c2-1-3;/h2H;. The van der Waals surface area contributed by atoms with Crippen molar-refractivity contribution in [3.8, 4) is 0 Å². The summed E-state index contributed by atoms with van der Waals surface area (Å²) in [5.41, 5.74) is 0. The van der Waals surface area contributed by atoms with E-state index in [0.717, 1.165) is 0 Å². The fraction of sp³-hybridized carbons (Fsp3) is 0. The van der Waals surface area contributed by atoms with Crippen LogP contribution in [0, 0.1) is 61.2 Å². The molecular formula is HClFrO2. The van der Waals surface area contributed by atoms with Crippen LogP contribution in [-0.4, -0.2) is 4.66 Å². The number of hydrogen-bond acceptors (Lipinski definition) is 2. The largest absolute Gasteiger partial charge is 0.506 e. The van der Waals surface area contributed by atoms with Crippen LogP contribution in [0.1, 0.15) is 0 Å². The Morgan fingerprint density at radius 2 is 1.75 bits per heavy atom. The van der Waals surface area contributed by atoms with Gasteiger partial charge in [-0.05, 0) is 0 Å². The zero-order valence-electron chi connectivity index (χ0n) is 2.23. The second-order valence-corrected chi connectivity index (χ2v) is 0.207. The normalized spacial score (nSPS) is 4.50. The fourth-order valence-corrected chi connectivity index (χ4v) is 0. The predicted molar refractivity (Wildman–Crippen MR) is 2.22 cm³/mol. The Kier molecular flexibility index (Phi) is 20.5. The Bertz CT molecular complexity index is 6.00. The summed E-state index contributed by atoms with van der Waals surface area (Å²) < 4.78 is 15.2. The van der Waals surface area contributed by atoms with E-state index in [2.05, 4.69) is 0 Å². The van der Waals surface area contributed by atoms with Crippen molar-refractivity contribution in [2.75, 3.05) is 0 Å². The van der Waals surface area contributed by atoms with E-state index in [4.69, 9.17) is 9.32 Å². The number of rotatable bonds is 0. The van der Waals surface area contributed by atoms with Gasteiger partial charge in [0.25, 0.3) is 0 Å². The minimum Gasteiger partial charge on any atom is -0.506 e. The molecule has 0 fully saturated rings. The summed E-state index contributed by atoms with van der Waals surface area (Å²) in [6.45, 7) is 0. The molecule has 0 amide bonds. The van der Waals surface area contributed by atoms with Gasteiger partial charge in [0.15, 0.2) is 0 Å². The first-order valence-corrected chi connectivity index (χ1v) is 0.970. The molecule has 4 heteroatoms. The molecule has 0 saturated carbocycles. The predicted octanol–water partition coefficient (Wildman–Crippen LogP) is -1.75. The molecule has 0 bridgehead atoms. The molecule has 0 rings (SSSR count). The first kappa shape index (κ1) is 9.26. The molecule has 0 heterocycles. The molecule has 2 nitrogen and oxygen atoms in total. The smallest absolute Gasteiger partial charge is 0.327 e. The summed E-state index contributed by atoms with van der Waals surface area (Å²) in [4.78, 5) is 0. The molecular weight excluding hydrogens is 290 g/mol. The van der Waals surface area contributed by atoms with Gasteiger partial charge in [-0.25, -0.2) is 0 Å². The monoisotopic (exact) mass is 291 g/mol. The van der Waals surface area contributed by atoms with Gasteiger partial charge in [0.2, 0.25) is 0 Å². The maximum atomic E-state index is 8.35. The molecule has 0 unspecified atom stereocenters. The molecule has 0 aromatic heterocycles. The molecule has 0 aromatic rings. The van der Waals surface area contributed by atoms with Crippen molar-refractivity contribution in [1.82, 2.24) is 0 Å². The van der Waals surface area contributed by atoms with E-state index in [1.807, 2.05) is 0 Å². The third-order valence-corrected chi connectivity index (χ3v) is 0. The van der Waals surface area contributed by atoms with Crippen LogP contribution in [0.2, 0.25) is 0 Å². The summed E-state index contributed by atoms with van der Waals surface area (Å²) in [7, 11) is 0. The summed E-state index contributed by atoms with van der Waals surface area (Å²) in [5, 5.41) is 0. The van der Waals surface area contributed by atoms with Crippen molar-refractivity contribution in [2.24, 2.45) is 0 Å². The van der Waals surface area contributed by atoms with Gasteiger partial charge in [0.1, 0.15) is 0 Å². The summed E-state index contributed by atoms with van der Waals surface area (Å²) in [6, 6.07) is 0. The maximum Gasteiger partial charge on any atom is 0.327 e. The van der Waals surface area contributed by atoms with E-state index in [1.165, 1.54) is 0 Å². The van der Waals surface area contributed by atoms with Crippen LogP contribution in [0.3, 0.4) is 0 Å². The molecule has 0 atom stereocenters. The van der Waals surface area contributed by atoms with E-state index < -0.39 is 0 Å². The maximum absolute atomic E-state index is 8.35. The van der Waals surface area contributed by atoms with Gasteiger partial charge < -0.3 is 4.66 Å². The third kappa shape index (κ3) is 9.19. The Labute approximate surface area is 69.3 Å². The van der Waals surface area contributed by atoms with Gasteiger partial charge in [-0.3, -0.25) is 0 Å². The van der Waals surface area contributed by atoms with Gasteiger partial charge in [0.05, 0.1) is 0 Å². The first-order chi connectivity index (χ1) is 1.41. The molecule has 0 saturated heterocycles. The zero-order chi connectivity index (χ0) is 2.71. The minimum atomic E-state index is -0.167. The quantitative estimate of drug-likeness (QED) is 0.575. The van der Waals surface area contributed by atoms with E-state index in [0.29, 0.717) is 0 Å². The van der Waals surface area contributed by atoms with Crippen LogP contribution in [0.25, 0.3) is 0 Å². The van der Waals surface area contributed by atoms with Crippen molar-refractivity contribution in [3.05, 3.63) is 0 Å². The van der Waals surface area contributed by atoms with Crippen molar-refractivity contribution < 1.29 is 70.5 Å². The van der Waals surface area contributed by atoms with E-state index in [9.17, 15) is 0 Å².